The molecule has 2 aromatic rings. The Hall–Kier alpha value is -4.03. The maximum Gasteiger partial charge on any atom is 0.242 e. The lowest BCUT2D eigenvalue weighted by Gasteiger charge is -2.36. The monoisotopic (exact) mass is 499 g/mol. The molecule has 1 unspecified atom stereocenters. The van der Waals surface area contributed by atoms with Gasteiger partial charge in [-0.15, -0.1) is 0 Å². The summed E-state index contributed by atoms with van der Waals surface area (Å²) in [5, 5.41) is 11.5. The number of hydrogen-bond acceptors (Lipinski definition) is 5. The summed E-state index contributed by atoms with van der Waals surface area (Å²) >= 11 is 0. The maximum absolute atomic E-state index is 13.3. The number of para-hydroxylation sites is 1. The molecule has 9 nitrogen and oxygen atoms in total. The van der Waals surface area contributed by atoms with Crippen LogP contribution in [0.4, 0.5) is 5.69 Å². The summed E-state index contributed by atoms with van der Waals surface area (Å²) in [5.74, 6) is -0.447. The Labute approximate surface area is 218 Å². The second-order valence-corrected chi connectivity index (χ2v) is 9.29. The Morgan fingerprint density at radius 3 is 2.41 bits per heavy atom. The van der Waals surface area contributed by atoms with Crippen molar-refractivity contribution in [1.82, 2.24) is 20.0 Å². The van der Waals surface area contributed by atoms with Crippen LogP contribution in [0.3, 0.4) is 0 Å². The number of carbonyl (C=O) groups excluding carboxylic acids is 2. The number of hydrogen-bond donors (Lipinski definition) is 1. The second kappa shape index (κ2) is 13.3. The molecule has 2 amide bonds. The van der Waals surface area contributed by atoms with E-state index in [0.717, 1.165) is 32.5 Å². The first-order valence-corrected chi connectivity index (χ1v) is 12.8. The maximum atomic E-state index is 13.3. The topological polar surface area (TPSA) is 104 Å². The first-order chi connectivity index (χ1) is 18.1. The largest absolute Gasteiger partial charge is 0.339 e. The van der Waals surface area contributed by atoms with Gasteiger partial charge in [-0.3, -0.25) is 19.8 Å². The third-order valence-electron chi connectivity index (χ3n) is 6.66. The molecular formula is C28H33N7O2. The van der Waals surface area contributed by atoms with Gasteiger partial charge >= 0.3 is 0 Å². The van der Waals surface area contributed by atoms with Crippen LogP contribution in [-0.2, 0) is 16.1 Å². The van der Waals surface area contributed by atoms with E-state index in [0.29, 0.717) is 31.7 Å². The first kappa shape index (κ1) is 26.0. The third kappa shape index (κ3) is 7.72. The molecule has 4 rings (SSSR count). The highest BCUT2D eigenvalue weighted by molar-refractivity contribution is 6.00. The van der Waals surface area contributed by atoms with Crippen molar-refractivity contribution in [3.63, 3.8) is 0 Å². The molecule has 2 heterocycles. The Bertz CT molecular complexity index is 1140. The van der Waals surface area contributed by atoms with Crippen molar-refractivity contribution in [2.45, 2.75) is 25.8 Å². The van der Waals surface area contributed by atoms with E-state index >= 15 is 0 Å². The van der Waals surface area contributed by atoms with Crippen molar-refractivity contribution in [2.75, 3.05) is 39.3 Å². The van der Waals surface area contributed by atoms with E-state index in [2.05, 4.69) is 32.3 Å². The zero-order valence-electron chi connectivity index (χ0n) is 21.0. The molecule has 0 aromatic heterocycles. The fourth-order valence-electron chi connectivity index (χ4n) is 4.62. The van der Waals surface area contributed by atoms with E-state index in [1.807, 2.05) is 47.5 Å². The van der Waals surface area contributed by atoms with Crippen LogP contribution >= 0.6 is 0 Å². The summed E-state index contributed by atoms with van der Waals surface area (Å²) in [4.78, 5) is 40.9. The Morgan fingerprint density at radius 2 is 1.70 bits per heavy atom. The molecule has 0 bridgehead atoms. The summed E-state index contributed by atoms with van der Waals surface area (Å²) in [7, 11) is 0. The number of carbonyl (C=O) groups is 2. The normalized spacial score (nSPS) is 19.5. The predicted octanol–water partition coefficient (Wildman–Crippen LogP) is 2.79. The van der Waals surface area contributed by atoms with Crippen LogP contribution in [0, 0.1) is 17.4 Å². The molecule has 0 saturated carbocycles. The van der Waals surface area contributed by atoms with Crippen LogP contribution in [0.5, 0.6) is 0 Å². The smallest absolute Gasteiger partial charge is 0.242 e. The van der Waals surface area contributed by atoms with E-state index in [4.69, 9.17) is 5.26 Å². The number of nitrogens with one attached hydrogen (secondary N) is 1. The number of nitriles is 1. The van der Waals surface area contributed by atoms with Crippen LogP contribution in [-0.4, -0.2) is 78.0 Å². The van der Waals surface area contributed by atoms with Gasteiger partial charge < -0.3 is 9.80 Å². The molecule has 2 aliphatic rings. The molecular weight excluding hydrogens is 466 g/mol. The highest BCUT2D eigenvalue weighted by atomic mass is 16.2. The zero-order chi connectivity index (χ0) is 25.9. The quantitative estimate of drug-likeness (QED) is 0.285. The first-order valence-electron chi connectivity index (χ1n) is 12.8. The number of nitrogens with zero attached hydrogens (tertiary/aromatic N) is 6. The molecule has 2 aliphatic heterocycles. The summed E-state index contributed by atoms with van der Waals surface area (Å²) in [6.07, 6.45) is 5.75. The third-order valence-corrected chi connectivity index (χ3v) is 6.66. The number of benzene rings is 2. The average molecular weight is 500 g/mol. The highest BCUT2D eigenvalue weighted by Crippen LogP contribution is 2.18. The molecule has 37 heavy (non-hydrogen) atoms. The molecule has 2 fully saturated rings. The summed E-state index contributed by atoms with van der Waals surface area (Å²) in [6, 6.07) is 19.5. The molecule has 2 aromatic carbocycles. The van der Waals surface area contributed by atoms with E-state index in [9.17, 15) is 9.59 Å². The van der Waals surface area contributed by atoms with Crippen molar-refractivity contribution in [1.29, 1.82) is 5.26 Å². The van der Waals surface area contributed by atoms with Gasteiger partial charge in [-0.2, -0.15) is 5.26 Å². The lowest BCUT2D eigenvalue weighted by Crippen LogP contribution is -2.52. The Kier molecular flexibility index (Phi) is 9.38. The molecule has 192 valence electrons. The molecule has 0 aliphatic carbocycles. The summed E-state index contributed by atoms with van der Waals surface area (Å²) in [5.41, 5.74) is 1.92. The van der Waals surface area contributed by atoms with Crippen molar-refractivity contribution < 1.29 is 9.59 Å². The molecule has 2 saturated heterocycles. The minimum Gasteiger partial charge on any atom is -0.339 e. The van der Waals surface area contributed by atoms with E-state index in [1.54, 1.807) is 23.2 Å². The second-order valence-electron chi connectivity index (χ2n) is 9.29. The van der Waals surface area contributed by atoms with Crippen molar-refractivity contribution in [2.24, 2.45) is 15.9 Å². The lowest BCUT2D eigenvalue weighted by atomic mass is 10.0. The van der Waals surface area contributed by atoms with Crippen LogP contribution in [0.15, 0.2) is 70.6 Å². The molecule has 9 heteroatoms. The van der Waals surface area contributed by atoms with Gasteiger partial charge in [-0.1, -0.05) is 55.0 Å². The zero-order valence-corrected chi connectivity index (χ0v) is 21.0. The summed E-state index contributed by atoms with van der Waals surface area (Å²) < 4.78 is 0. The van der Waals surface area contributed by atoms with Gasteiger partial charge in [0, 0.05) is 45.5 Å². The Morgan fingerprint density at radius 1 is 1.00 bits per heavy atom. The van der Waals surface area contributed by atoms with Crippen LogP contribution in [0.1, 0.15) is 24.8 Å². The van der Waals surface area contributed by atoms with Crippen molar-refractivity contribution >= 4 is 29.7 Å². The molecule has 1 N–H and O–H groups in total. The number of aliphatic imine (C=N–C) groups is 2. The molecule has 0 spiro atoms. The van der Waals surface area contributed by atoms with Gasteiger partial charge in [0.1, 0.15) is 0 Å². The number of rotatable bonds is 6. The van der Waals surface area contributed by atoms with Gasteiger partial charge in [0.25, 0.3) is 0 Å². The van der Waals surface area contributed by atoms with Gasteiger partial charge in [-0.05, 0) is 30.5 Å². The van der Waals surface area contributed by atoms with Crippen molar-refractivity contribution in [3.8, 4) is 6.19 Å². The van der Waals surface area contributed by atoms with Crippen LogP contribution in [0.2, 0.25) is 0 Å². The van der Waals surface area contributed by atoms with E-state index in [-0.39, 0.29) is 24.3 Å². The minimum atomic E-state index is -0.459. The van der Waals surface area contributed by atoms with Crippen molar-refractivity contribution in [3.05, 3.63) is 66.2 Å². The SMILES string of the molecule is N#CNC(=Nc1ccccc1)/N=C\C1CCCCN(CC(=O)N2CCN(Cc3ccccc3)CC2)C1=O. The standard InChI is InChI=1S/C28H33N7O2/c29-22-31-28(32-25-12-5-2-6-13-25)30-19-24-11-7-8-14-35(27(24)37)21-26(36)34-17-15-33(16-18-34)20-23-9-3-1-4-10-23/h1-6,9-10,12-13,19,24H,7-8,11,14-18,20-21H2,(H,31,32)/b30-19-. The fourth-order valence-corrected chi connectivity index (χ4v) is 4.62. The average Bonchev–Trinajstić information content (AvgIpc) is 3.10. The van der Waals surface area contributed by atoms with Gasteiger partial charge in [-0.25, -0.2) is 9.98 Å². The van der Waals surface area contributed by atoms with Crippen LogP contribution in [0.25, 0.3) is 0 Å². The summed E-state index contributed by atoms with van der Waals surface area (Å²) in [6.45, 7) is 4.49. The number of amides is 2. The minimum absolute atomic E-state index is 0.0113. The van der Waals surface area contributed by atoms with Crippen LogP contribution < -0.4 is 5.32 Å². The molecule has 0 radical (unpaired) electrons. The number of guanidine groups is 1. The van der Waals surface area contributed by atoms with Gasteiger partial charge in [0.2, 0.25) is 17.8 Å². The van der Waals surface area contributed by atoms with Gasteiger partial charge in [0.05, 0.1) is 18.2 Å². The fraction of sp³-hybridized carbons (Fsp3) is 0.393. The van der Waals surface area contributed by atoms with E-state index in [1.165, 1.54) is 5.56 Å². The van der Waals surface area contributed by atoms with Gasteiger partial charge in [0.15, 0.2) is 6.19 Å². The Balaban J connectivity index is 1.33. The number of piperazine rings is 1. The molecule has 1 atom stereocenters. The number of likely N-dealkylation sites (tertiary alicyclic amines) is 1. The van der Waals surface area contributed by atoms with E-state index < -0.39 is 5.92 Å². The highest BCUT2D eigenvalue weighted by Gasteiger charge is 2.29. The lowest BCUT2D eigenvalue weighted by molar-refractivity contribution is -0.142. The predicted molar refractivity (Wildman–Crippen MR) is 143 cm³/mol.